The molecule has 5 heteroatoms. The molecule has 0 rings (SSSR count). The standard InChI is InChI=1S/C8H17NO4/c1-4-6(3)8(5-2,7(10)11)9(12)13/h6,12-13H,4-5H2,1-3H3,(H,10,11)/t6-,8-/m0/s1. The number of rotatable bonds is 5. The summed E-state index contributed by atoms with van der Waals surface area (Å²) in [6.45, 7) is 5.10. The van der Waals surface area contributed by atoms with Crippen LogP contribution in [0.5, 0.6) is 0 Å². The molecule has 3 N–H and O–H groups in total. The van der Waals surface area contributed by atoms with Crippen LogP contribution in [0.3, 0.4) is 0 Å². The fourth-order valence-electron chi connectivity index (χ4n) is 1.47. The molecule has 13 heavy (non-hydrogen) atoms. The maximum absolute atomic E-state index is 10.9. The van der Waals surface area contributed by atoms with Crippen LogP contribution in [0.4, 0.5) is 0 Å². The molecule has 0 saturated heterocycles. The molecule has 0 unspecified atom stereocenters. The van der Waals surface area contributed by atoms with E-state index in [9.17, 15) is 4.79 Å². The number of carboxylic acids is 1. The minimum absolute atomic E-state index is 0.143. The van der Waals surface area contributed by atoms with Crippen molar-refractivity contribution in [2.45, 2.75) is 39.2 Å². The molecule has 5 nitrogen and oxygen atoms in total. The summed E-state index contributed by atoms with van der Waals surface area (Å²) >= 11 is 0. The minimum atomic E-state index is -1.59. The van der Waals surface area contributed by atoms with Crippen molar-refractivity contribution in [1.29, 1.82) is 0 Å². The zero-order chi connectivity index (χ0) is 10.6. The van der Waals surface area contributed by atoms with Crippen LogP contribution in [-0.2, 0) is 4.79 Å². The summed E-state index contributed by atoms with van der Waals surface area (Å²) in [5.41, 5.74) is -1.59. The highest BCUT2D eigenvalue weighted by atomic mass is 16.8. The maximum Gasteiger partial charge on any atom is 0.329 e. The normalized spacial score (nSPS) is 18.3. The Morgan fingerprint density at radius 2 is 1.92 bits per heavy atom. The third kappa shape index (κ3) is 1.99. The van der Waals surface area contributed by atoms with Gasteiger partial charge >= 0.3 is 5.97 Å². The van der Waals surface area contributed by atoms with Crippen molar-refractivity contribution in [1.82, 2.24) is 5.23 Å². The van der Waals surface area contributed by atoms with Gasteiger partial charge in [-0.3, -0.25) is 15.2 Å². The Bertz CT molecular complexity index is 183. The first kappa shape index (κ1) is 12.3. The molecule has 0 aliphatic carbocycles. The monoisotopic (exact) mass is 191 g/mol. The molecular formula is C8H17NO4. The van der Waals surface area contributed by atoms with Crippen LogP contribution in [-0.4, -0.2) is 32.3 Å². The van der Waals surface area contributed by atoms with Crippen molar-refractivity contribution in [2.24, 2.45) is 5.92 Å². The van der Waals surface area contributed by atoms with Gasteiger partial charge < -0.3 is 5.11 Å². The van der Waals surface area contributed by atoms with E-state index in [1.165, 1.54) is 0 Å². The van der Waals surface area contributed by atoms with Crippen LogP contribution in [0.2, 0.25) is 0 Å². The van der Waals surface area contributed by atoms with Crippen molar-refractivity contribution in [3.05, 3.63) is 0 Å². The predicted octanol–water partition coefficient (Wildman–Crippen LogP) is 1.35. The highest BCUT2D eigenvalue weighted by Crippen LogP contribution is 2.29. The molecule has 0 aliphatic rings. The van der Waals surface area contributed by atoms with Gasteiger partial charge in [-0.2, -0.15) is 0 Å². The molecule has 0 heterocycles. The Labute approximate surface area is 77.5 Å². The second-order valence-corrected chi connectivity index (χ2v) is 3.18. The summed E-state index contributed by atoms with van der Waals surface area (Å²) in [6.07, 6.45) is 0.710. The smallest absolute Gasteiger partial charge is 0.329 e. The van der Waals surface area contributed by atoms with E-state index in [1.54, 1.807) is 13.8 Å². The minimum Gasteiger partial charge on any atom is -0.480 e. The first-order valence-electron chi connectivity index (χ1n) is 4.34. The quantitative estimate of drug-likeness (QED) is 0.571. The fourth-order valence-corrected chi connectivity index (χ4v) is 1.47. The van der Waals surface area contributed by atoms with Crippen molar-refractivity contribution >= 4 is 5.97 Å². The van der Waals surface area contributed by atoms with Crippen LogP contribution < -0.4 is 0 Å². The summed E-state index contributed by atoms with van der Waals surface area (Å²) in [4.78, 5) is 10.9. The Hall–Kier alpha value is -0.650. The van der Waals surface area contributed by atoms with Gasteiger partial charge in [0.15, 0.2) is 5.54 Å². The summed E-state index contributed by atoms with van der Waals surface area (Å²) in [5.74, 6) is -1.54. The second-order valence-electron chi connectivity index (χ2n) is 3.18. The van der Waals surface area contributed by atoms with Gasteiger partial charge in [0.2, 0.25) is 0 Å². The van der Waals surface area contributed by atoms with Gasteiger partial charge in [-0.1, -0.05) is 32.4 Å². The van der Waals surface area contributed by atoms with E-state index in [1.807, 2.05) is 6.92 Å². The molecule has 0 aromatic rings. The molecule has 0 amide bonds. The lowest BCUT2D eigenvalue weighted by molar-refractivity contribution is -0.366. The lowest BCUT2D eigenvalue weighted by atomic mass is 9.81. The van der Waals surface area contributed by atoms with Gasteiger partial charge in [0, 0.05) is 0 Å². The van der Waals surface area contributed by atoms with E-state index in [0.29, 0.717) is 6.42 Å². The van der Waals surface area contributed by atoms with E-state index in [-0.39, 0.29) is 17.6 Å². The van der Waals surface area contributed by atoms with Crippen molar-refractivity contribution in [3.8, 4) is 0 Å². The van der Waals surface area contributed by atoms with Crippen LogP contribution in [0.15, 0.2) is 0 Å². The molecular weight excluding hydrogens is 174 g/mol. The molecule has 0 spiro atoms. The zero-order valence-electron chi connectivity index (χ0n) is 8.19. The molecule has 0 radical (unpaired) electrons. The first-order valence-corrected chi connectivity index (χ1v) is 4.34. The Kier molecular flexibility index (Phi) is 4.32. The number of hydrogen-bond donors (Lipinski definition) is 3. The van der Waals surface area contributed by atoms with E-state index in [4.69, 9.17) is 15.5 Å². The Balaban J connectivity index is 4.98. The topological polar surface area (TPSA) is 81.0 Å². The van der Waals surface area contributed by atoms with E-state index < -0.39 is 11.5 Å². The molecule has 0 aromatic carbocycles. The van der Waals surface area contributed by atoms with Crippen molar-refractivity contribution < 1.29 is 20.3 Å². The van der Waals surface area contributed by atoms with Gasteiger partial charge in [0.1, 0.15) is 0 Å². The molecule has 0 saturated carbocycles. The third-order valence-corrected chi connectivity index (χ3v) is 2.69. The van der Waals surface area contributed by atoms with Crippen molar-refractivity contribution in [2.75, 3.05) is 0 Å². The molecule has 2 atom stereocenters. The number of aliphatic carboxylic acids is 1. The molecule has 0 aromatic heterocycles. The maximum atomic E-state index is 10.9. The van der Waals surface area contributed by atoms with Crippen molar-refractivity contribution in [3.63, 3.8) is 0 Å². The molecule has 78 valence electrons. The van der Waals surface area contributed by atoms with Gasteiger partial charge in [-0.15, -0.1) is 0 Å². The first-order chi connectivity index (χ1) is 5.93. The van der Waals surface area contributed by atoms with E-state index in [2.05, 4.69) is 0 Å². The average Bonchev–Trinajstić information content (AvgIpc) is 2.04. The predicted molar refractivity (Wildman–Crippen MR) is 45.5 cm³/mol. The summed E-state index contributed by atoms with van der Waals surface area (Å²) in [6, 6.07) is 0. The fraction of sp³-hybridized carbons (Fsp3) is 0.875. The number of carbonyl (C=O) groups is 1. The van der Waals surface area contributed by atoms with Gasteiger partial charge in [0.25, 0.3) is 0 Å². The lowest BCUT2D eigenvalue weighted by Crippen LogP contribution is -2.55. The second kappa shape index (κ2) is 4.55. The zero-order valence-corrected chi connectivity index (χ0v) is 8.19. The number of hydroxylamine groups is 2. The van der Waals surface area contributed by atoms with Gasteiger partial charge in [0.05, 0.1) is 0 Å². The summed E-state index contributed by atoms with van der Waals surface area (Å²) < 4.78 is 0. The lowest BCUT2D eigenvalue weighted by Gasteiger charge is -2.35. The number of nitrogens with zero attached hydrogens (tertiary/aromatic N) is 1. The molecule has 0 aliphatic heterocycles. The Morgan fingerprint density at radius 3 is 2.00 bits per heavy atom. The number of carboxylic acid groups (broad SMARTS) is 1. The van der Waals surface area contributed by atoms with E-state index in [0.717, 1.165) is 0 Å². The number of hydrogen-bond acceptors (Lipinski definition) is 4. The van der Waals surface area contributed by atoms with Crippen LogP contribution in [0.1, 0.15) is 33.6 Å². The summed E-state index contributed by atoms with van der Waals surface area (Å²) in [7, 11) is 0. The summed E-state index contributed by atoms with van der Waals surface area (Å²) in [5, 5.41) is 26.6. The van der Waals surface area contributed by atoms with Gasteiger partial charge in [-0.25, -0.2) is 0 Å². The Morgan fingerprint density at radius 1 is 1.46 bits per heavy atom. The van der Waals surface area contributed by atoms with E-state index >= 15 is 0 Å². The highest BCUT2D eigenvalue weighted by Gasteiger charge is 2.47. The third-order valence-electron chi connectivity index (χ3n) is 2.69. The molecule has 0 fully saturated rings. The van der Waals surface area contributed by atoms with Crippen LogP contribution in [0.25, 0.3) is 0 Å². The highest BCUT2D eigenvalue weighted by molar-refractivity contribution is 5.78. The SMILES string of the molecule is CC[C@H](C)[C@@](CC)(C(=O)O)N(O)O. The van der Waals surface area contributed by atoms with Gasteiger partial charge in [-0.05, 0) is 12.3 Å². The molecule has 0 bridgehead atoms. The van der Waals surface area contributed by atoms with Crippen LogP contribution >= 0.6 is 0 Å². The average molecular weight is 191 g/mol. The largest absolute Gasteiger partial charge is 0.480 e. The van der Waals surface area contributed by atoms with Crippen LogP contribution in [0, 0.1) is 5.92 Å².